The molecule has 1 aliphatic rings. The van der Waals surface area contributed by atoms with Crippen molar-refractivity contribution in [2.75, 3.05) is 40.9 Å². The van der Waals surface area contributed by atoms with Gasteiger partial charge in [-0.2, -0.15) is 0 Å². The van der Waals surface area contributed by atoms with Gasteiger partial charge in [-0.1, -0.05) is 79.7 Å². The van der Waals surface area contributed by atoms with Gasteiger partial charge in [0.15, 0.2) is 0 Å². The van der Waals surface area contributed by atoms with Crippen LogP contribution in [0.2, 0.25) is 0 Å². The predicted octanol–water partition coefficient (Wildman–Crippen LogP) is 8.68. The van der Waals surface area contributed by atoms with Crippen molar-refractivity contribution < 1.29 is 19.7 Å². The van der Waals surface area contributed by atoms with Gasteiger partial charge in [-0.05, 0) is 114 Å². The summed E-state index contributed by atoms with van der Waals surface area (Å²) in [6.45, 7) is 19.0. The zero-order chi connectivity index (χ0) is 43.5. The van der Waals surface area contributed by atoms with E-state index in [1.165, 1.54) is 12.8 Å². The average molecular weight is 813 g/mol. The molecule has 2 atom stereocenters. The molecule has 0 radical (unpaired) electrons. The third-order valence-electron chi connectivity index (χ3n) is 11.5. The van der Waals surface area contributed by atoms with Crippen molar-refractivity contribution in [2.24, 2.45) is 5.92 Å². The van der Waals surface area contributed by atoms with E-state index in [2.05, 4.69) is 117 Å². The number of aliphatic hydroxyl groups is 2. The van der Waals surface area contributed by atoms with Crippen LogP contribution in [0, 0.1) is 5.92 Å². The van der Waals surface area contributed by atoms with E-state index >= 15 is 0 Å². The normalized spacial score (nSPS) is 15.4. The Morgan fingerprint density at radius 3 is 1.45 bits per heavy atom. The van der Waals surface area contributed by atoms with Gasteiger partial charge in [0.25, 0.3) is 0 Å². The first-order chi connectivity index (χ1) is 28.4. The first-order valence-corrected chi connectivity index (χ1v) is 21.0. The summed E-state index contributed by atoms with van der Waals surface area (Å²) in [6, 6.07) is 24.3. The minimum atomic E-state index is -1.28. The minimum absolute atomic E-state index is 0.0425. The first-order valence-electron chi connectivity index (χ1n) is 21.0. The van der Waals surface area contributed by atoms with E-state index < -0.39 is 11.2 Å². The van der Waals surface area contributed by atoms with E-state index in [1.807, 2.05) is 48.5 Å². The van der Waals surface area contributed by atoms with Crippen LogP contribution in [-0.4, -0.2) is 82.0 Å². The third-order valence-corrected chi connectivity index (χ3v) is 11.5. The number of nitrogens with zero attached hydrogens (tertiary/aromatic N) is 5. The molecule has 0 saturated heterocycles. The molecule has 4 aromatic carbocycles. The molecular formula is C50H64N6O4. The maximum absolute atomic E-state index is 12.3. The molecule has 318 valence electrons. The van der Waals surface area contributed by atoms with Crippen molar-refractivity contribution in [3.63, 3.8) is 0 Å². The maximum Gasteiger partial charge on any atom is 0.131 e. The summed E-state index contributed by atoms with van der Waals surface area (Å²) in [5, 5.41) is 27.9. The smallest absolute Gasteiger partial charge is 0.131 e. The summed E-state index contributed by atoms with van der Waals surface area (Å²) >= 11 is 0. The summed E-state index contributed by atoms with van der Waals surface area (Å²) in [5.74, 6) is 1.82. The van der Waals surface area contributed by atoms with Crippen molar-refractivity contribution >= 4 is 22.1 Å². The maximum atomic E-state index is 12.3. The van der Waals surface area contributed by atoms with Crippen LogP contribution in [0.3, 0.4) is 0 Å². The molecular weight excluding hydrogens is 749 g/mol. The first kappa shape index (κ1) is 44.5. The fraction of sp³-hybridized carbons (Fsp3) is 0.440. The summed E-state index contributed by atoms with van der Waals surface area (Å²) in [6.07, 6.45) is 9.06. The number of fused-ring (bicyclic) bond motifs is 2. The number of likely N-dealkylation sites (N-methyl/N-ethyl adjacent to an activating group) is 1. The molecule has 60 heavy (non-hydrogen) atoms. The number of hydrogen-bond donors (Lipinski definition) is 3. The van der Waals surface area contributed by atoms with Gasteiger partial charge < -0.3 is 25.0 Å². The molecule has 1 aliphatic carbocycles. The van der Waals surface area contributed by atoms with Gasteiger partial charge >= 0.3 is 0 Å². The van der Waals surface area contributed by atoms with Gasteiger partial charge in [0.1, 0.15) is 22.7 Å². The highest BCUT2D eigenvalue weighted by atomic mass is 16.5. The van der Waals surface area contributed by atoms with Crippen molar-refractivity contribution in [3.05, 3.63) is 131 Å². The Kier molecular flexibility index (Phi) is 13.3. The van der Waals surface area contributed by atoms with Crippen LogP contribution >= 0.6 is 0 Å². The van der Waals surface area contributed by atoms with Crippen LogP contribution in [0.4, 0.5) is 0 Å². The molecule has 10 heteroatoms. The quantitative estimate of drug-likeness (QED) is 0.104. The Morgan fingerprint density at radius 2 is 1.03 bits per heavy atom. The van der Waals surface area contributed by atoms with E-state index in [0.29, 0.717) is 36.5 Å². The lowest BCUT2D eigenvalue weighted by atomic mass is 9.80. The molecule has 2 aromatic heterocycles. The summed E-state index contributed by atoms with van der Waals surface area (Å²) < 4.78 is 11.4. The average Bonchev–Trinajstić information content (AvgIpc) is 4.08. The van der Waals surface area contributed by atoms with Gasteiger partial charge in [-0.15, -0.1) is 0 Å². The van der Waals surface area contributed by atoms with Crippen LogP contribution in [0.25, 0.3) is 22.1 Å². The molecule has 0 amide bonds. The fourth-order valence-electron chi connectivity index (χ4n) is 7.67. The van der Waals surface area contributed by atoms with Crippen LogP contribution in [-0.2, 0) is 22.0 Å². The van der Waals surface area contributed by atoms with E-state index in [9.17, 15) is 10.2 Å². The molecule has 0 aliphatic heterocycles. The van der Waals surface area contributed by atoms with Gasteiger partial charge in [0, 0.05) is 55.0 Å². The van der Waals surface area contributed by atoms with Crippen LogP contribution < -0.4 is 14.8 Å². The number of aromatic nitrogens is 4. The van der Waals surface area contributed by atoms with Crippen LogP contribution in [0.5, 0.6) is 11.5 Å². The van der Waals surface area contributed by atoms with Gasteiger partial charge in [-0.3, -0.25) is 24.8 Å². The summed E-state index contributed by atoms with van der Waals surface area (Å²) in [4.78, 5) is 19.9. The highest BCUT2D eigenvalue weighted by Crippen LogP contribution is 2.42. The van der Waals surface area contributed by atoms with E-state index in [4.69, 9.17) is 9.47 Å². The predicted molar refractivity (Wildman–Crippen MR) is 242 cm³/mol. The Balaban J connectivity index is 0.000000201. The number of nitrogens with one attached hydrogen (secondary N) is 1. The number of hydrogen-bond acceptors (Lipinski definition) is 10. The molecule has 10 nitrogen and oxygen atoms in total. The topological polar surface area (TPSA) is 126 Å². The Hall–Kier alpha value is -5.00. The largest absolute Gasteiger partial charge is 0.496 e. The molecule has 7 rings (SSSR count). The lowest BCUT2D eigenvalue weighted by Gasteiger charge is -2.35. The number of methoxy groups -OCH3 is 2. The molecule has 1 fully saturated rings. The van der Waals surface area contributed by atoms with E-state index in [-0.39, 0.29) is 10.8 Å². The molecule has 0 bridgehead atoms. The zero-order valence-electron chi connectivity index (χ0n) is 37.4. The van der Waals surface area contributed by atoms with E-state index in [0.717, 1.165) is 62.0 Å². The van der Waals surface area contributed by atoms with Crippen molar-refractivity contribution in [1.82, 2.24) is 30.2 Å². The molecule has 3 N–H and O–H groups in total. The number of benzene rings is 4. The van der Waals surface area contributed by atoms with E-state index in [1.54, 1.807) is 39.0 Å². The Bertz CT molecular complexity index is 2400. The number of ether oxygens (including phenoxy) is 2. The van der Waals surface area contributed by atoms with Crippen molar-refractivity contribution in [1.29, 1.82) is 0 Å². The summed E-state index contributed by atoms with van der Waals surface area (Å²) in [7, 11) is 5.39. The second-order valence-electron chi connectivity index (χ2n) is 18.7. The second-order valence-corrected chi connectivity index (χ2v) is 18.7. The number of rotatable bonds is 13. The highest BCUT2D eigenvalue weighted by Gasteiger charge is 2.40. The summed E-state index contributed by atoms with van der Waals surface area (Å²) in [5.41, 5.74) is 5.91. The standard InChI is InChI=1S/C25H31N3O2.C25H33N3O2/c1-24(2,3)17-7-11-23(30-5)20(14-17)25(29,16-28(4)19-8-9-19)18-6-10-21-22(15-18)27-13-12-26-21;1-17(2)15-26-16-25(29,19-7-9-21-22(14-19)28-12-11-27-21)20-13-18(24(3,4)5)8-10-23(20)30-6/h6-7,10-15,19,29H,8-9,16H2,1-5H3;7-14,17,26,29H,15-16H2,1-6H3. The molecule has 6 aromatic rings. The zero-order valence-corrected chi connectivity index (χ0v) is 37.4. The molecule has 0 spiro atoms. The van der Waals surface area contributed by atoms with Gasteiger partial charge in [0.05, 0.1) is 36.3 Å². The Labute approximate surface area is 356 Å². The van der Waals surface area contributed by atoms with Crippen LogP contribution in [0.1, 0.15) is 102 Å². The third kappa shape index (κ3) is 9.95. The lowest BCUT2D eigenvalue weighted by Crippen LogP contribution is -2.41. The van der Waals surface area contributed by atoms with Gasteiger partial charge in [-0.25, -0.2) is 0 Å². The Morgan fingerprint density at radius 1 is 0.617 bits per heavy atom. The SMILES string of the molecule is COc1ccc(C(C)(C)C)cc1C(O)(CN(C)C1CC1)c1ccc2nccnc2c1.COc1ccc(C(C)(C)C)cc1C(O)(CNCC(C)C)c1ccc2nccnc2c1. The van der Waals surface area contributed by atoms with Gasteiger partial charge in [0.2, 0.25) is 0 Å². The molecule has 2 unspecified atom stereocenters. The second kappa shape index (κ2) is 17.9. The van der Waals surface area contributed by atoms with Crippen molar-refractivity contribution in [3.8, 4) is 11.5 Å². The molecule has 1 saturated carbocycles. The van der Waals surface area contributed by atoms with Crippen molar-refractivity contribution in [2.45, 2.75) is 96.3 Å². The van der Waals surface area contributed by atoms with Crippen LogP contribution in [0.15, 0.2) is 97.6 Å². The monoisotopic (exact) mass is 812 g/mol. The minimum Gasteiger partial charge on any atom is -0.496 e. The fourth-order valence-corrected chi connectivity index (χ4v) is 7.67. The lowest BCUT2D eigenvalue weighted by molar-refractivity contribution is 0.0394. The molecule has 2 heterocycles. The highest BCUT2D eigenvalue weighted by molar-refractivity contribution is 5.76.